The molecule has 172 valence electrons. The van der Waals surface area contributed by atoms with Crippen molar-refractivity contribution < 1.29 is 38.4 Å². The lowest BCUT2D eigenvalue weighted by Gasteiger charge is -2.25. The van der Waals surface area contributed by atoms with Gasteiger partial charge in [0.1, 0.15) is 6.61 Å². The topological polar surface area (TPSA) is 120 Å². The number of amides is 1. The molecule has 32 heavy (non-hydrogen) atoms. The number of benzene rings is 2. The number of ether oxygens (including phenoxy) is 4. The largest absolute Gasteiger partial charge is 0.493 e. The lowest BCUT2D eigenvalue weighted by atomic mass is 10.0. The maximum absolute atomic E-state index is 12.4. The second-order valence-electron chi connectivity index (χ2n) is 6.80. The number of carbonyl (C=O) groups excluding carboxylic acids is 2. The van der Waals surface area contributed by atoms with Crippen molar-refractivity contribution in [2.45, 2.75) is 39.0 Å². The van der Waals surface area contributed by atoms with Gasteiger partial charge in [-0.15, -0.1) is 0 Å². The van der Waals surface area contributed by atoms with Crippen LogP contribution in [0.25, 0.3) is 0 Å². The molecule has 2 unspecified atom stereocenters. The van der Waals surface area contributed by atoms with Crippen LogP contribution in [-0.4, -0.2) is 49.0 Å². The van der Waals surface area contributed by atoms with E-state index in [0.29, 0.717) is 23.7 Å². The number of nitrogens with one attached hydrogen (secondary N) is 1. The lowest BCUT2D eigenvalue weighted by molar-refractivity contribution is -0.164. The molecule has 2 N–H and O–H groups in total. The zero-order valence-electron chi connectivity index (χ0n) is 18.2. The molecule has 0 radical (unpaired) electrons. The fourth-order valence-corrected chi connectivity index (χ4v) is 3.00. The summed E-state index contributed by atoms with van der Waals surface area (Å²) in [6.07, 6.45) is -2.42. The minimum atomic E-state index is -1.62. The predicted octanol–water partition coefficient (Wildman–Crippen LogP) is 2.95. The van der Waals surface area contributed by atoms with Crippen molar-refractivity contribution in [1.29, 1.82) is 0 Å². The van der Waals surface area contributed by atoms with Gasteiger partial charge in [0.05, 0.1) is 19.8 Å². The Hall–Kier alpha value is -3.75. The van der Waals surface area contributed by atoms with Gasteiger partial charge in [-0.1, -0.05) is 36.4 Å². The van der Waals surface area contributed by atoms with E-state index in [1.54, 1.807) is 42.5 Å². The third-order valence-electron chi connectivity index (χ3n) is 4.40. The molecule has 2 atom stereocenters. The third kappa shape index (κ3) is 7.50. The Morgan fingerprint density at radius 1 is 1.03 bits per heavy atom. The van der Waals surface area contributed by atoms with E-state index in [2.05, 4.69) is 5.32 Å². The van der Waals surface area contributed by atoms with Crippen LogP contribution in [0.4, 0.5) is 4.79 Å². The molecular formula is C23H27NO8. The number of esters is 1. The van der Waals surface area contributed by atoms with Crippen molar-refractivity contribution >= 4 is 18.0 Å². The van der Waals surface area contributed by atoms with Crippen LogP contribution in [-0.2, 0) is 32.1 Å². The van der Waals surface area contributed by atoms with E-state index < -0.39 is 30.2 Å². The van der Waals surface area contributed by atoms with Crippen molar-refractivity contribution in [3.63, 3.8) is 0 Å². The van der Waals surface area contributed by atoms with Gasteiger partial charge in [0.25, 0.3) is 0 Å². The summed E-state index contributed by atoms with van der Waals surface area (Å²) in [6, 6.07) is 13.0. The highest BCUT2D eigenvalue weighted by Gasteiger charge is 2.33. The van der Waals surface area contributed by atoms with Crippen LogP contribution >= 0.6 is 0 Å². The summed E-state index contributed by atoms with van der Waals surface area (Å²) >= 11 is 0. The first-order chi connectivity index (χ1) is 15.3. The van der Waals surface area contributed by atoms with Gasteiger partial charge in [-0.2, -0.15) is 0 Å². The molecule has 0 aliphatic carbocycles. The Morgan fingerprint density at radius 3 is 2.34 bits per heavy atom. The van der Waals surface area contributed by atoms with Crippen LogP contribution in [0.2, 0.25) is 0 Å². The van der Waals surface area contributed by atoms with Crippen molar-refractivity contribution in [1.82, 2.24) is 5.32 Å². The van der Waals surface area contributed by atoms with E-state index in [1.165, 1.54) is 7.11 Å². The van der Waals surface area contributed by atoms with Crippen LogP contribution in [0.3, 0.4) is 0 Å². The normalized spacial score (nSPS) is 12.2. The Kier molecular flexibility index (Phi) is 9.34. The van der Waals surface area contributed by atoms with Crippen molar-refractivity contribution in [2.24, 2.45) is 0 Å². The molecule has 0 heterocycles. The number of carboxylic acids is 1. The number of hydrogen-bond donors (Lipinski definition) is 2. The van der Waals surface area contributed by atoms with Crippen LogP contribution in [0.15, 0.2) is 48.5 Å². The molecular weight excluding hydrogens is 418 g/mol. The van der Waals surface area contributed by atoms with Gasteiger partial charge >= 0.3 is 18.0 Å². The minimum Gasteiger partial charge on any atom is -0.493 e. The summed E-state index contributed by atoms with van der Waals surface area (Å²) < 4.78 is 21.0. The molecule has 2 aromatic carbocycles. The number of carbonyl (C=O) groups is 3. The van der Waals surface area contributed by atoms with E-state index in [1.807, 2.05) is 13.0 Å². The van der Waals surface area contributed by atoms with Crippen molar-refractivity contribution in [2.75, 3.05) is 13.7 Å². The monoisotopic (exact) mass is 445 g/mol. The fourth-order valence-electron chi connectivity index (χ4n) is 3.00. The Labute approximate surface area is 186 Å². The molecule has 0 aliphatic rings. The third-order valence-corrected chi connectivity index (χ3v) is 4.40. The van der Waals surface area contributed by atoms with Crippen LogP contribution in [0.5, 0.6) is 11.5 Å². The van der Waals surface area contributed by atoms with Gasteiger partial charge in [-0.3, -0.25) is 4.79 Å². The van der Waals surface area contributed by atoms with E-state index in [4.69, 9.17) is 18.9 Å². The molecule has 0 bridgehead atoms. The van der Waals surface area contributed by atoms with Crippen LogP contribution < -0.4 is 14.8 Å². The van der Waals surface area contributed by atoms with Crippen molar-refractivity contribution in [3.05, 3.63) is 59.7 Å². The fraction of sp³-hybridized carbons (Fsp3) is 0.348. The average molecular weight is 445 g/mol. The molecule has 0 fully saturated rings. The molecule has 9 heteroatoms. The zero-order chi connectivity index (χ0) is 23.5. The SMILES string of the molecule is CCOc1cc(CC(NC(=O)OCc2ccccc2)C(OC(C)=O)C(=O)O)ccc1OC. The average Bonchev–Trinajstić information content (AvgIpc) is 2.76. The molecule has 1 amide bonds. The quantitative estimate of drug-likeness (QED) is 0.507. The van der Waals surface area contributed by atoms with E-state index in [-0.39, 0.29) is 13.0 Å². The predicted molar refractivity (Wildman–Crippen MR) is 115 cm³/mol. The number of hydrogen-bond acceptors (Lipinski definition) is 7. The lowest BCUT2D eigenvalue weighted by Crippen LogP contribution is -2.50. The van der Waals surface area contributed by atoms with E-state index in [9.17, 15) is 19.5 Å². The molecule has 0 spiro atoms. The number of alkyl carbamates (subject to hydrolysis) is 1. The number of methoxy groups -OCH3 is 1. The van der Waals surface area contributed by atoms with Crippen molar-refractivity contribution in [3.8, 4) is 11.5 Å². The second-order valence-corrected chi connectivity index (χ2v) is 6.80. The minimum absolute atomic E-state index is 0.00171. The molecule has 0 aromatic heterocycles. The smallest absolute Gasteiger partial charge is 0.407 e. The van der Waals surface area contributed by atoms with Crippen LogP contribution in [0.1, 0.15) is 25.0 Å². The Bertz CT molecular complexity index is 915. The van der Waals surface area contributed by atoms with Gasteiger partial charge in [-0.05, 0) is 36.6 Å². The Morgan fingerprint density at radius 2 is 1.75 bits per heavy atom. The maximum atomic E-state index is 12.4. The van der Waals surface area contributed by atoms with Gasteiger partial charge in [0.15, 0.2) is 11.5 Å². The van der Waals surface area contributed by atoms with Crippen LogP contribution in [0, 0.1) is 0 Å². The highest BCUT2D eigenvalue weighted by molar-refractivity contribution is 5.79. The highest BCUT2D eigenvalue weighted by atomic mass is 16.6. The van der Waals surface area contributed by atoms with Gasteiger partial charge < -0.3 is 29.4 Å². The molecule has 9 nitrogen and oxygen atoms in total. The first kappa shape index (κ1) is 24.5. The molecule has 0 saturated heterocycles. The maximum Gasteiger partial charge on any atom is 0.407 e. The number of carboxylic acid groups (broad SMARTS) is 1. The molecule has 0 aliphatic heterocycles. The first-order valence-electron chi connectivity index (χ1n) is 10.0. The molecule has 2 aromatic rings. The summed E-state index contributed by atoms with van der Waals surface area (Å²) in [5.41, 5.74) is 1.41. The Balaban J connectivity index is 2.21. The van der Waals surface area contributed by atoms with E-state index >= 15 is 0 Å². The summed E-state index contributed by atoms with van der Waals surface area (Å²) in [5, 5.41) is 12.1. The highest BCUT2D eigenvalue weighted by Crippen LogP contribution is 2.29. The molecule has 2 rings (SSSR count). The van der Waals surface area contributed by atoms with E-state index in [0.717, 1.165) is 12.5 Å². The number of aliphatic carboxylic acids is 1. The molecule has 0 saturated carbocycles. The summed E-state index contributed by atoms with van der Waals surface area (Å²) in [7, 11) is 1.51. The van der Waals surface area contributed by atoms with Gasteiger partial charge in [0.2, 0.25) is 6.10 Å². The summed E-state index contributed by atoms with van der Waals surface area (Å²) in [5.74, 6) is -1.20. The summed E-state index contributed by atoms with van der Waals surface area (Å²) in [6.45, 7) is 3.32. The van der Waals surface area contributed by atoms with Gasteiger partial charge in [0, 0.05) is 6.92 Å². The first-order valence-corrected chi connectivity index (χ1v) is 10.0. The standard InChI is InChI=1S/C23H27NO8/c1-4-30-20-13-17(10-11-19(20)29-3)12-18(21(22(26)27)32-15(2)25)24-23(28)31-14-16-8-6-5-7-9-16/h5-11,13,18,21H,4,12,14H2,1-3H3,(H,24,28)(H,26,27). The second kappa shape index (κ2) is 12.2. The van der Waals surface area contributed by atoms with Gasteiger partial charge in [-0.25, -0.2) is 9.59 Å². The summed E-state index contributed by atoms with van der Waals surface area (Å²) in [4.78, 5) is 35.6. The zero-order valence-corrected chi connectivity index (χ0v) is 18.2. The number of rotatable bonds is 11.